The van der Waals surface area contributed by atoms with Gasteiger partial charge < -0.3 is 14.2 Å². The van der Waals surface area contributed by atoms with Gasteiger partial charge in [0, 0.05) is 17.5 Å². The molecule has 0 aliphatic carbocycles. The molecule has 1 heterocycles. The van der Waals surface area contributed by atoms with Crippen molar-refractivity contribution in [3.63, 3.8) is 0 Å². The van der Waals surface area contributed by atoms with Crippen LogP contribution >= 0.6 is 11.3 Å². The van der Waals surface area contributed by atoms with E-state index in [0.29, 0.717) is 18.1 Å². The molecule has 0 saturated carbocycles. The number of methoxy groups -OCH3 is 1. The van der Waals surface area contributed by atoms with Crippen LogP contribution in [0.15, 0.2) is 58.8 Å². The first-order valence-corrected chi connectivity index (χ1v) is 12.2. The minimum atomic E-state index is -3.72. The van der Waals surface area contributed by atoms with Crippen LogP contribution in [0, 0.1) is 0 Å². The Labute approximate surface area is 191 Å². The molecule has 0 saturated heterocycles. The molecule has 0 bridgehead atoms. The smallest absolute Gasteiger partial charge is 0.307 e. The maximum Gasteiger partial charge on any atom is 0.307 e. The molecule has 32 heavy (non-hydrogen) atoms. The zero-order chi connectivity index (χ0) is 23.0. The number of thiazole rings is 1. The quantitative estimate of drug-likeness (QED) is 0.422. The van der Waals surface area contributed by atoms with Gasteiger partial charge in [-0.3, -0.25) is 4.79 Å². The molecule has 8 nitrogen and oxygen atoms in total. The molecule has 1 aromatic heterocycles. The molecule has 0 fully saturated rings. The number of sulfonamides is 1. The van der Waals surface area contributed by atoms with E-state index in [9.17, 15) is 13.2 Å². The lowest BCUT2D eigenvalue weighted by molar-refractivity contribution is -0.144. The highest BCUT2D eigenvalue weighted by Crippen LogP contribution is 2.26. The van der Waals surface area contributed by atoms with Gasteiger partial charge in [0.2, 0.25) is 10.0 Å². The topological polar surface area (TPSA) is 104 Å². The van der Waals surface area contributed by atoms with E-state index in [1.54, 1.807) is 19.2 Å². The number of hydrogen-bond acceptors (Lipinski definition) is 8. The second-order valence-electron chi connectivity index (χ2n) is 6.59. The number of esters is 1. The highest BCUT2D eigenvalue weighted by Gasteiger charge is 2.15. The number of benzene rings is 2. The third-order valence-corrected chi connectivity index (χ3v) is 6.75. The second kappa shape index (κ2) is 11.1. The highest BCUT2D eigenvalue weighted by molar-refractivity contribution is 7.89. The molecule has 10 heteroatoms. The van der Waals surface area contributed by atoms with Crippen LogP contribution in [0.2, 0.25) is 0 Å². The van der Waals surface area contributed by atoms with Crippen molar-refractivity contribution in [3.05, 3.63) is 59.6 Å². The van der Waals surface area contributed by atoms with Gasteiger partial charge in [-0.25, -0.2) is 18.1 Å². The van der Waals surface area contributed by atoms with Crippen LogP contribution in [0.5, 0.6) is 11.5 Å². The van der Waals surface area contributed by atoms with Crippen molar-refractivity contribution in [2.24, 2.45) is 0 Å². The van der Waals surface area contributed by atoms with Crippen LogP contribution in [-0.2, 0) is 26.2 Å². The summed E-state index contributed by atoms with van der Waals surface area (Å²) in [7, 11) is -2.11. The van der Waals surface area contributed by atoms with Gasteiger partial charge in [0.05, 0.1) is 30.7 Å². The van der Waals surface area contributed by atoms with E-state index in [2.05, 4.69) is 9.71 Å². The summed E-state index contributed by atoms with van der Waals surface area (Å²) in [5.41, 5.74) is 1.57. The summed E-state index contributed by atoms with van der Waals surface area (Å²) in [5.74, 6) is 0.836. The molecule has 0 aliphatic rings. The van der Waals surface area contributed by atoms with Crippen LogP contribution < -0.4 is 14.2 Å². The summed E-state index contributed by atoms with van der Waals surface area (Å²) in [5, 5.41) is 2.63. The number of aromatic nitrogens is 1. The predicted molar refractivity (Wildman–Crippen MR) is 121 cm³/mol. The van der Waals surface area contributed by atoms with Gasteiger partial charge in [-0.2, -0.15) is 0 Å². The molecule has 1 N–H and O–H groups in total. The van der Waals surface area contributed by atoms with Crippen molar-refractivity contribution in [1.82, 2.24) is 9.71 Å². The fourth-order valence-electron chi connectivity index (χ4n) is 2.72. The maximum absolute atomic E-state index is 12.3. The molecular formula is C22H24N2O6S2. The number of ether oxygens (including phenoxy) is 3. The molecule has 3 aromatic rings. The SMILES string of the molecule is CCOc1ccc(S(=O)(=O)NCCC(=O)OCc2csc(-c3ccc(OC)cc3)n2)cc1. The number of nitrogens with zero attached hydrogens (tertiary/aromatic N) is 1. The summed E-state index contributed by atoms with van der Waals surface area (Å²) in [6.45, 7) is 2.30. The Kier molecular flexibility index (Phi) is 8.20. The first kappa shape index (κ1) is 23.7. The molecule has 0 radical (unpaired) electrons. The second-order valence-corrected chi connectivity index (χ2v) is 9.21. The Balaban J connectivity index is 1.44. The summed E-state index contributed by atoms with van der Waals surface area (Å²) in [6.07, 6.45) is -0.0915. The fraction of sp³-hybridized carbons (Fsp3) is 0.273. The van der Waals surface area contributed by atoms with E-state index in [1.165, 1.54) is 23.5 Å². The minimum absolute atomic E-state index is 0.0249. The predicted octanol–water partition coefficient (Wildman–Crippen LogP) is 3.63. The van der Waals surface area contributed by atoms with E-state index in [-0.39, 0.29) is 24.5 Å². The number of carbonyl (C=O) groups is 1. The van der Waals surface area contributed by atoms with E-state index < -0.39 is 16.0 Å². The number of rotatable bonds is 11. The molecular weight excluding hydrogens is 452 g/mol. The summed E-state index contributed by atoms with van der Waals surface area (Å²) in [4.78, 5) is 16.6. The van der Waals surface area contributed by atoms with Gasteiger partial charge in [0.15, 0.2) is 0 Å². The average Bonchev–Trinajstić information content (AvgIpc) is 3.27. The third-order valence-electron chi connectivity index (χ3n) is 4.34. The molecule has 0 aliphatic heterocycles. The largest absolute Gasteiger partial charge is 0.497 e. The Morgan fingerprint density at radius 3 is 2.41 bits per heavy atom. The molecule has 0 unspecified atom stereocenters. The summed E-state index contributed by atoms with van der Waals surface area (Å²) in [6, 6.07) is 13.6. The van der Waals surface area contributed by atoms with Crippen molar-refractivity contribution >= 4 is 27.3 Å². The maximum atomic E-state index is 12.3. The van der Waals surface area contributed by atoms with Gasteiger partial charge in [-0.1, -0.05) is 0 Å². The lowest BCUT2D eigenvalue weighted by Crippen LogP contribution is -2.26. The normalized spacial score (nSPS) is 11.2. The minimum Gasteiger partial charge on any atom is -0.497 e. The van der Waals surface area contributed by atoms with Crippen molar-refractivity contribution in [2.45, 2.75) is 24.8 Å². The van der Waals surface area contributed by atoms with Crippen molar-refractivity contribution in [2.75, 3.05) is 20.3 Å². The summed E-state index contributed by atoms with van der Waals surface area (Å²) >= 11 is 1.45. The van der Waals surface area contributed by atoms with Gasteiger partial charge >= 0.3 is 5.97 Å². The standard InChI is InChI=1S/C22H24N2O6S2/c1-3-29-19-8-10-20(11-9-19)32(26,27)23-13-12-21(25)30-14-17-15-31-22(24-17)16-4-6-18(28-2)7-5-16/h4-11,15,23H,3,12-14H2,1-2H3. The average molecular weight is 477 g/mol. The molecule has 3 rings (SSSR count). The Bertz CT molecular complexity index is 1130. The van der Waals surface area contributed by atoms with Crippen LogP contribution in [0.4, 0.5) is 0 Å². The lowest BCUT2D eigenvalue weighted by Gasteiger charge is -2.08. The zero-order valence-corrected chi connectivity index (χ0v) is 19.4. The number of nitrogens with one attached hydrogen (secondary N) is 1. The van der Waals surface area contributed by atoms with Crippen molar-refractivity contribution in [3.8, 4) is 22.1 Å². The van der Waals surface area contributed by atoms with Crippen LogP contribution in [0.3, 0.4) is 0 Å². The van der Waals surface area contributed by atoms with Crippen LogP contribution in [0.1, 0.15) is 19.0 Å². The fourth-order valence-corrected chi connectivity index (χ4v) is 4.56. The van der Waals surface area contributed by atoms with Crippen LogP contribution in [0.25, 0.3) is 10.6 Å². The molecule has 170 valence electrons. The Morgan fingerprint density at radius 2 is 1.75 bits per heavy atom. The summed E-state index contributed by atoms with van der Waals surface area (Å²) < 4.78 is 42.7. The van der Waals surface area contributed by atoms with Crippen molar-refractivity contribution < 1.29 is 27.4 Å². The van der Waals surface area contributed by atoms with Gasteiger partial charge in [-0.05, 0) is 55.5 Å². The third kappa shape index (κ3) is 6.52. The van der Waals surface area contributed by atoms with E-state index in [1.807, 2.05) is 36.6 Å². The lowest BCUT2D eigenvalue weighted by atomic mass is 10.2. The first-order chi connectivity index (χ1) is 15.4. The molecule has 0 atom stereocenters. The van der Waals surface area contributed by atoms with Crippen molar-refractivity contribution in [1.29, 1.82) is 0 Å². The van der Waals surface area contributed by atoms with Crippen LogP contribution in [-0.4, -0.2) is 39.6 Å². The number of hydrogen-bond donors (Lipinski definition) is 1. The first-order valence-electron chi connectivity index (χ1n) is 9.88. The Morgan fingerprint density at radius 1 is 1.06 bits per heavy atom. The molecule has 0 spiro atoms. The Hall–Kier alpha value is -2.95. The van der Waals surface area contributed by atoms with Gasteiger partial charge in [0.25, 0.3) is 0 Å². The van der Waals surface area contributed by atoms with Gasteiger partial charge in [0.1, 0.15) is 23.1 Å². The van der Waals surface area contributed by atoms with E-state index in [4.69, 9.17) is 14.2 Å². The zero-order valence-electron chi connectivity index (χ0n) is 17.7. The molecule has 0 amide bonds. The van der Waals surface area contributed by atoms with E-state index >= 15 is 0 Å². The number of carbonyl (C=O) groups excluding carboxylic acids is 1. The van der Waals surface area contributed by atoms with E-state index in [0.717, 1.165) is 16.3 Å². The monoisotopic (exact) mass is 476 g/mol. The van der Waals surface area contributed by atoms with Gasteiger partial charge in [-0.15, -0.1) is 11.3 Å². The molecule has 2 aromatic carbocycles. The highest BCUT2D eigenvalue weighted by atomic mass is 32.2.